The van der Waals surface area contributed by atoms with Crippen molar-refractivity contribution in [2.24, 2.45) is 0 Å². The van der Waals surface area contributed by atoms with Crippen molar-refractivity contribution < 1.29 is 9.84 Å². The van der Waals surface area contributed by atoms with E-state index >= 15 is 0 Å². The Hall–Kier alpha value is -1.68. The molecule has 0 radical (unpaired) electrons. The second kappa shape index (κ2) is 4.30. The number of ether oxygens (including phenoxy) is 1. The lowest BCUT2D eigenvalue weighted by molar-refractivity contribution is 0.412. The Bertz CT molecular complexity index is 608. The van der Waals surface area contributed by atoms with Crippen molar-refractivity contribution in [3.8, 4) is 11.5 Å². The first kappa shape index (κ1) is 11.8. The van der Waals surface area contributed by atoms with Gasteiger partial charge < -0.3 is 9.84 Å². The highest BCUT2D eigenvalue weighted by molar-refractivity contribution is 7.90. The van der Waals surface area contributed by atoms with Gasteiger partial charge in [-0.15, -0.1) is 12.6 Å². The van der Waals surface area contributed by atoms with Gasteiger partial charge in [0.15, 0.2) is 0 Å². The van der Waals surface area contributed by atoms with E-state index in [1.165, 1.54) is 0 Å². The molecular weight excluding hydrogens is 234 g/mol. The topological polar surface area (TPSA) is 42.4 Å². The van der Waals surface area contributed by atoms with Crippen LogP contribution in [-0.2, 0) is 0 Å². The molecule has 1 heterocycles. The largest absolute Gasteiger partial charge is 0.507 e. The monoisotopic (exact) mass is 247 g/mol. The van der Waals surface area contributed by atoms with Gasteiger partial charge in [0.25, 0.3) is 0 Å². The molecule has 1 aromatic carbocycles. The Kier molecular flexibility index (Phi) is 2.98. The van der Waals surface area contributed by atoms with E-state index in [4.69, 9.17) is 4.74 Å². The lowest BCUT2D eigenvalue weighted by Gasteiger charge is -2.10. The van der Waals surface area contributed by atoms with Crippen molar-refractivity contribution >= 4 is 28.4 Å². The molecule has 0 aliphatic heterocycles. The highest BCUT2D eigenvalue weighted by Gasteiger charge is 2.10. The summed E-state index contributed by atoms with van der Waals surface area (Å²) in [6, 6.07) is 5.16. The SMILES string of the molecule is C=C(S)c1cc(O)c2ccc(OC)c(C)c2n1. The highest BCUT2D eigenvalue weighted by atomic mass is 32.1. The predicted molar refractivity (Wildman–Crippen MR) is 72.7 cm³/mol. The molecule has 1 aromatic heterocycles. The standard InChI is InChI=1S/C13H13NO2S/c1-7-12(16-3)5-4-9-11(15)6-10(8(2)17)14-13(7)9/h4-6,17H,2H2,1,3H3,(H,14,15). The molecule has 0 saturated carbocycles. The molecule has 0 aliphatic carbocycles. The molecule has 3 nitrogen and oxygen atoms in total. The van der Waals surface area contributed by atoms with Crippen LogP contribution in [0.5, 0.6) is 11.5 Å². The second-order valence-electron chi connectivity index (χ2n) is 3.76. The zero-order chi connectivity index (χ0) is 12.6. The number of benzene rings is 1. The Morgan fingerprint density at radius 1 is 1.47 bits per heavy atom. The number of hydrogen-bond acceptors (Lipinski definition) is 4. The minimum Gasteiger partial charge on any atom is -0.507 e. The number of aromatic nitrogens is 1. The Morgan fingerprint density at radius 2 is 2.18 bits per heavy atom. The van der Waals surface area contributed by atoms with Crippen LogP contribution in [0.25, 0.3) is 15.8 Å². The minimum atomic E-state index is 0.172. The van der Waals surface area contributed by atoms with Gasteiger partial charge in [-0.1, -0.05) is 6.58 Å². The third-order valence-corrected chi connectivity index (χ3v) is 2.91. The van der Waals surface area contributed by atoms with Gasteiger partial charge >= 0.3 is 0 Å². The lowest BCUT2D eigenvalue weighted by atomic mass is 10.1. The van der Waals surface area contributed by atoms with Crippen molar-refractivity contribution in [3.63, 3.8) is 0 Å². The summed E-state index contributed by atoms with van der Waals surface area (Å²) in [4.78, 5) is 4.95. The third kappa shape index (κ3) is 1.96. The van der Waals surface area contributed by atoms with Gasteiger partial charge in [0.1, 0.15) is 11.5 Å². The summed E-state index contributed by atoms with van der Waals surface area (Å²) in [5, 5.41) is 10.6. The summed E-state index contributed by atoms with van der Waals surface area (Å²) >= 11 is 4.14. The van der Waals surface area contributed by atoms with Crippen LogP contribution in [0, 0.1) is 6.92 Å². The fraction of sp³-hybridized carbons (Fsp3) is 0.154. The zero-order valence-electron chi connectivity index (χ0n) is 9.69. The zero-order valence-corrected chi connectivity index (χ0v) is 10.6. The van der Waals surface area contributed by atoms with Crippen LogP contribution in [0.15, 0.2) is 24.8 Å². The van der Waals surface area contributed by atoms with E-state index in [-0.39, 0.29) is 5.75 Å². The van der Waals surface area contributed by atoms with Gasteiger partial charge in [0.2, 0.25) is 0 Å². The van der Waals surface area contributed by atoms with Gasteiger partial charge in [-0.05, 0) is 19.1 Å². The summed E-state index contributed by atoms with van der Waals surface area (Å²) in [5.74, 6) is 0.914. The number of pyridine rings is 1. The van der Waals surface area contributed by atoms with Crippen molar-refractivity contribution in [2.75, 3.05) is 7.11 Å². The van der Waals surface area contributed by atoms with Crippen LogP contribution in [0.4, 0.5) is 0 Å². The van der Waals surface area contributed by atoms with E-state index in [2.05, 4.69) is 24.2 Å². The van der Waals surface area contributed by atoms with E-state index < -0.39 is 0 Å². The van der Waals surface area contributed by atoms with Crippen LogP contribution in [0.2, 0.25) is 0 Å². The summed E-state index contributed by atoms with van der Waals surface area (Å²) in [6.45, 7) is 5.61. The maximum absolute atomic E-state index is 9.93. The molecule has 0 saturated heterocycles. The normalized spacial score (nSPS) is 10.5. The fourth-order valence-corrected chi connectivity index (χ4v) is 1.88. The highest BCUT2D eigenvalue weighted by Crippen LogP contribution is 2.33. The Balaban J connectivity index is 2.83. The molecule has 17 heavy (non-hydrogen) atoms. The van der Waals surface area contributed by atoms with Crippen LogP contribution < -0.4 is 4.74 Å². The predicted octanol–water partition coefficient (Wildman–Crippen LogP) is 3.16. The molecule has 2 aromatic rings. The van der Waals surface area contributed by atoms with Crippen molar-refractivity contribution in [2.45, 2.75) is 6.92 Å². The number of thiol groups is 1. The molecule has 1 N–H and O–H groups in total. The average Bonchev–Trinajstić information content (AvgIpc) is 2.30. The number of aromatic hydroxyl groups is 1. The molecule has 0 amide bonds. The summed E-state index contributed by atoms with van der Waals surface area (Å²) in [7, 11) is 1.61. The van der Waals surface area contributed by atoms with Crippen LogP contribution in [-0.4, -0.2) is 17.2 Å². The van der Waals surface area contributed by atoms with Gasteiger partial charge in [0, 0.05) is 21.9 Å². The molecule has 0 spiro atoms. The van der Waals surface area contributed by atoms with E-state index in [1.54, 1.807) is 19.2 Å². The number of nitrogens with zero attached hydrogens (tertiary/aromatic N) is 1. The van der Waals surface area contributed by atoms with Crippen LogP contribution >= 0.6 is 12.6 Å². The number of rotatable bonds is 2. The smallest absolute Gasteiger partial charge is 0.127 e. The van der Waals surface area contributed by atoms with Gasteiger partial charge in [-0.25, -0.2) is 4.98 Å². The van der Waals surface area contributed by atoms with Crippen molar-refractivity contribution in [3.05, 3.63) is 36.0 Å². The summed E-state index contributed by atoms with van der Waals surface area (Å²) in [5.41, 5.74) is 2.15. The molecule has 0 atom stereocenters. The van der Waals surface area contributed by atoms with Gasteiger partial charge in [0.05, 0.1) is 18.3 Å². The van der Waals surface area contributed by atoms with Crippen LogP contribution in [0.3, 0.4) is 0 Å². The molecule has 0 unspecified atom stereocenters. The van der Waals surface area contributed by atoms with Crippen molar-refractivity contribution in [1.29, 1.82) is 0 Å². The van der Waals surface area contributed by atoms with E-state index in [9.17, 15) is 5.11 Å². The number of methoxy groups -OCH3 is 1. The number of hydrogen-bond donors (Lipinski definition) is 2. The second-order valence-corrected chi connectivity index (χ2v) is 4.30. The average molecular weight is 247 g/mol. The van der Waals surface area contributed by atoms with Gasteiger partial charge in [-0.3, -0.25) is 0 Å². The Labute approximate surface area is 105 Å². The molecule has 2 rings (SSSR count). The quantitative estimate of drug-likeness (QED) is 0.801. The Morgan fingerprint density at radius 3 is 2.76 bits per heavy atom. The first-order chi connectivity index (χ1) is 8.04. The molecule has 88 valence electrons. The van der Waals surface area contributed by atoms with Crippen LogP contribution in [0.1, 0.15) is 11.3 Å². The lowest BCUT2D eigenvalue weighted by Crippen LogP contribution is -1.93. The third-order valence-electron chi connectivity index (χ3n) is 2.68. The maximum Gasteiger partial charge on any atom is 0.127 e. The molecular formula is C13H13NO2S. The summed E-state index contributed by atoms with van der Waals surface area (Å²) in [6.07, 6.45) is 0. The number of fused-ring (bicyclic) bond motifs is 1. The van der Waals surface area contributed by atoms with E-state index in [1.807, 2.05) is 13.0 Å². The summed E-state index contributed by atoms with van der Waals surface area (Å²) < 4.78 is 5.23. The molecule has 4 heteroatoms. The fourth-order valence-electron chi connectivity index (χ4n) is 1.76. The molecule has 0 bridgehead atoms. The minimum absolute atomic E-state index is 0.172. The first-order valence-electron chi connectivity index (χ1n) is 5.10. The molecule has 0 fully saturated rings. The van der Waals surface area contributed by atoms with Crippen molar-refractivity contribution in [1.82, 2.24) is 4.98 Å². The van der Waals surface area contributed by atoms with E-state index in [0.717, 1.165) is 11.3 Å². The molecule has 0 aliphatic rings. The first-order valence-corrected chi connectivity index (χ1v) is 5.55. The van der Waals surface area contributed by atoms with E-state index in [0.29, 0.717) is 21.5 Å². The maximum atomic E-state index is 9.93. The van der Waals surface area contributed by atoms with Gasteiger partial charge in [-0.2, -0.15) is 0 Å². The number of aryl methyl sites for hydroxylation is 1.